The Balaban J connectivity index is 1.85. The molecule has 0 radical (unpaired) electrons. The molecule has 0 atom stereocenters. The molecule has 1 N–H and O–H groups in total. The number of benzene rings is 1. The lowest BCUT2D eigenvalue weighted by Crippen LogP contribution is -2.28. The van der Waals surface area contributed by atoms with Crippen molar-refractivity contribution in [3.63, 3.8) is 0 Å². The molecule has 2 aromatic heterocycles. The molecule has 0 bridgehead atoms. The van der Waals surface area contributed by atoms with Crippen molar-refractivity contribution >= 4 is 17.2 Å². The van der Waals surface area contributed by atoms with Crippen LogP contribution in [0.15, 0.2) is 35.8 Å². The van der Waals surface area contributed by atoms with Crippen molar-refractivity contribution in [3.8, 4) is 16.4 Å². The molecule has 34 heavy (non-hydrogen) atoms. The molecule has 0 fully saturated rings. The summed E-state index contributed by atoms with van der Waals surface area (Å²) in [6, 6.07) is 4.31. The lowest BCUT2D eigenvalue weighted by molar-refractivity contribution is -0.143. The van der Waals surface area contributed by atoms with Crippen LogP contribution in [0.5, 0.6) is 0 Å². The molecule has 13 heteroatoms. The summed E-state index contributed by atoms with van der Waals surface area (Å²) in [5, 5.41) is 7.27. The molecule has 2 heterocycles. The minimum Gasteiger partial charge on any atom is -0.352 e. The van der Waals surface area contributed by atoms with E-state index in [4.69, 9.17) is 0 Å². The van der Waals surface area contributed by atoms with Gasteiger partial charge in [-0.05, 0) is 45.6 Å². The summed E-state index contributed by atoms with van der Waals surface area (Å²) in [7, 11) is 3.78. The first kappa shape index (κ1) is 25.7. The van der Waals surface area contributed by atoms with Gasteiger partial charge in [-0.1, -0.05) is 12.1 Å². The fourth-order valence-corrected chi connectivity index (χ4v) is 3.93. The van der Waals surface area contributed by atoms with Gasteiger partial charge in [0.25, 0.3) is 5.91 Å². The summed E-state index contributed by atoms with van der Waals surface area (Å²) in [5.41, 5.74) is -2.71. The third-order valence-corrected chi connectivity index (χ3v) is 5.58. The van der Waals surface area contributed by atoms with E-state index in [9.17, 15) is 31.1 Å². The molecule has 1 amide bonds. The monoisotopic (exact) mass is 505 g/mol. The summed E-state index contributed by atoms with van der Waals surface area (Å²) in [5.74, 6) is -0.918. The predicted molar refractivity (Wildman–Crippen MR) is 115 cm³/mol. The maximum absolute atomic E-state index is 13.8. The normalized spacial score (nSPS) is 12.4. The van der Waals surface area contributed by atoms with Crippen LogP contribution >= 0.6 is 11.3 Å². The Morgan fingerprint density at radius 2 is 1.85 bits per heavy atom. The van der Waals surface area contributed by atoms with Crippen molar-refractivity contribution in [3.05, 3.63) is 52.7 Å². The van der Waals surface area contributed by atoms with Crippen LogP contribution in [-0.2, 0) is 12.4 Å². The molecule has 0 aliphatic carbocycles. The summed E-state index contributed by atoms with van der Waals surface area (Å²) < 4.78 is 81.0. The lowest BCUT2D eigenvalue weighted by Gasteiger charge is -2.12. The first-order valence-corrected chi connectivity index (χ1v) is 11.0. The van der Waals surface area contributed by atoms with Crippen molar-refractivity contribution in [1.29, 1.82) is 0 Å². The Labute approximate surface area is 195 Å². The van der Waals surface area contributed by atoms with Gasteiger partial charge in [0.05, 0.1) is 23.0 Å². The molecule has 3 rings (SSSR count). The summed E-state index contributed by atoms with van der Waals surface area (Å²) in [6.07, 6.45) is -7.34. The SMILES string of the molecule is CN(C)CCCCNC(=O)c1cnn(-c2nc(-c3cccc(C(F)(F)F)c3)cs2)c1C(F)(F)F. The van der Waals surface area contributed by atoms with Crippen LogP contribution in [0.2, 0.25) is 0 Å². The average molecular weight is 505 g/mol. The summed E-state index contributed by atoms with van der Waals surface area (Å²) >= 11 is 0.765. The van der Waals surface area contributed by atoms with Gasteiger partial charge in [0.15, 0.2) is 5.69 Å². The highest BCUT2D eigenvalue weighted by Gasteiger charge is 2.41. The Morgan fingerprint density at radius 1 is 1.12 bits per heavy atom. The van der Waals surface area contributed by atoms with Crippen LogP contribution in [0, 0.1) is 0 Å². The van der Waals surface area contributed by atoms with Crippen molar-refractivity contribution < 1.29 is 31.1 Å². The van der Waals surface area contributed by atoms with Crippen molar-refractivity contribution in [2.75, 3.05) is 27.2 Å². The number of hydrogen-bond acceptors (Lipinski definition) is 5. The number of rotatable bonds is 8. The Kier molecular flexibility index (Phi) is 7.66. The van der Waals surface area contributed by atoms with Gasteiger partial charge in [-0.3, -0.25) is 4.79 Å². The second-order valence-electron chi connectivity index (χ2n) is 7.68. The van der Waals surface area contributed by atoms with E-state index in [1.807, 2.05) is 19.0 Å². The van der Waals surface area contributed by atoms with E-state index in [-0.39, 0.29) is 22.9 Å². The van der Waals surface area contributed by atoms with Gasteiger partial charge in [0.2, 0.25) is 5.13 Å². The van der Waals surface area contributed by atoms with Crippen molar-refractivity contribution in [2.24, 2.45) is 0 Å². The van der Waals surface area contributed by atoms with Gasteiger partial charge in [0, 0.05) is 17.5 Å². The van der Waals surface area contributed by atoms with Gasteiger partial charge < -0.3 is 10.2 Å². The molecule has 1 aromatic carbocycles. The molecule has 0 aliphatic rings. The standard InChI is InChI=1S/C21H21F6N5OS/c1-31(2)9-4-3-8-28-18(33)15-11-29-32(17(15)21(25,26)27)19-30-16(12-34-19)13-6-5-7-14(10-13)20(22,23)24/h5-7,10-12H,3-4,8-9H2,1-2H3,(H,28,33). The maximum atomic E-state index is 13.8. The second kappa shape index (κ2) is 10.1. The number of halogens is 6. The largest absolute Gasteiger partial charge is 0.434 e. The number of carbonyl (C=O) groups is 1. The number of aromatic nitrogens is 3. The van der Waals surface area contributed by atoms with E-state index in [2.05, 4.69) is 15.4 Å². The number of hydrogen-bond donors (Lipinski definition) is 1. The van der Waals surface area contributed by atoms with E-state index in [1.165, 1.54) is 17.5 Å². The number of amides is 1. The fraction of sp³-hybridized carbons (Fsp3) is 0.381. The summed E-state index contributed by atoms with van der Waals surface area (Å²) in [6.45, 7) is 0.978. The molecule has 3 aromatic rings. The van der Waals surface area contributed by atoms with E-state index < -0.39 is 35.1 Å². The first-order valence-electron chi connectivity index (χ1n) is 10.1. The molecule has 0 spiro atoms. The van der Waals surface area contributed by atoms with Gasteiger partial charge in [-0.15, -0.1) is 11.3 Å². The maximum Gasteiger partial charge on any atom is 0.434 e. The third-order valence-electron chi connectivity index (χ3n) is 4.76. The zero-order chi connectivity index (χ0) is 25.1. The molecule has 0 saturated heterocycles. The van der Waals surface area contributed by atoms with Crippen LogP contribution in [0.4, 0.5) is 26.3 Å². The lowest BCUT2D eigenvalue weighted by atomic mass is 10.1. The minimum absolute atomic E-state index is 0.0571. The van der Waals surface area contributed by atoms with Crippen LogP contribution in [0.25, 0.3) is 16.4 Å². The van der Waals surface area contributed by atoms with Gasteiger partial charge >= 0.3 is 12.4 Å². The van der Waals surface area contributed by atoms with Crippen LogP contribution in [0.1, 0.15) is 34.5 Å². The highest BCUT2D eigenvalue weighted by Crippen LogP contribution is 2.36. The van der Waals surface area contributed by atoms with Crippen LogP contribution in [0.3, 0.4) is 0 Å². The first-order chi connectivity index (χ1) is 15.9. The molecule has 6 nitrogen and oxygen atoms in total. The van der Waals surface area contributed by atoms with Crippen molar-refractivity contribution in [1.82, 2.24) is 25.0 Å². The predicted octanol–water partition coefficient (Wildman–Crippen LogP) is 5.11. The van der Waals surface area contributed by atoms with E-state index in [1.54, 1.807) is 0 Å². The second-order valence-corrected chi connectivity index (χ2v) is 8.51. The van der Waals surface area contributed by atoms with Gasteiger partial charge in [-0.25, -0.2) is 9.67 Å². The molecule has 0 aliphatic heterocycles. The number of nitrogens with zero attached hydrogens (tertiary/aromatic N) is 4. The van der Waals surface area contributed by atoms with E-state index in [0.717, 1.165) is 42.6 Å². The molecular weight excluding hydrogens is 484 g/mol. The zero-order valence-electron chi connectivity index (χ0n) is 18.2. The molecular formula is C21H21F6N5OS. The highest BCUT2D eigenvalue weighted by molar-refractivity contribution is 7.12. The Morgan fingerprint density at radius 3 is 2.50 bits per heavy atom. The van der Waals surface area contributed by atoms with Gasteiger partial charge in [-0.2, -0.15) is 31.4 Å². The Hall–Kier alpha value is -2.93. The van der Waals surface area contributed by atoms with Gasteiger partial charge in [0.1, 0.15) is 0 Å². The average Bonchev–Trinajstić information content (AvgIpc) is 3.39. The number of thiazole rings is 1. The van der Waals surface area contributed by atoms with E-state index in [0.29, 0.717) is 11.1 Å². The number of carbonyl (C=O) groups excluding carboxylic acids is 1. The van der Waals surface area contributed by atoms with Crippen molar-refractivity contribution in [2.45, 2.75) is 25.2 Å². The van der Waals surface area contributed by atoms with Crippen LogP contribution in [-0.4, -0.2) is 52.8 Å². The molecule has 0 unspecified atom stereocenters. The number of nitrogens with one attached hydrogen (secondary N) is 1. The third kappa shape index (κ3) is 6.14. The molecule has 184 valence electrons. The number of unbranched alkanes of at least 4 members (excludes halogenated alkanes) is 1. The summed E-state index contributed by atoms with van der Waals surface area (Å²) in [4.78, 5) is 18.4. The minimum atomic E-state index is -4.92. The highest BCUT2D eigenvalue weighted by atomic mass is 32.1. The quantitative estimate of drug-likeness (QED) is 0.342. The smallest absolute Gasteiger partial charge is 0.352 e. The topological polar surface area (TPSA) is 63.1 Å². The zero-order valence-corrected chi connectivity index (χ0v) is 19.0. The van der Waals surface area contributed by atoms with Crippen LogP contribution < -0.4 is 5.32 Å². The van der Waals surface area contributed by atoms with E-state index >= 15 is 0 Å². The fourth-order valence-electron chi connectivity index (χ4n) is 3.13. The molecule has 0 saturated carbocycles. The number of alkyl halides is 6. The Bertz CT molecular complexity index is 1140.